The Hall–Kier alpha value is -3.14. The zero-order valence-corrected chi connectivity index (χ0v) is 16.1. The van der Waals surface area contributed by atoms with E-state index in [1.54, 1.807) is 12.4 Å². The second-order valence-corrected chi connectivity index (χ2v) is 6.82. The number of carbonyl (C=O) groups excluding carboxylic acids is 1. The average molecular weight is 374 g/mol. The first-order chi connectivity index (χ1) is 13.8. The predicted octanol–water partition coefficient (Wildman–Crippen LogP) is 4.49. The molecule has 0 fully saturated rings. The molecular weight excluding hydrogens is 346 g/mol. The van der Waals surface area contributed by atoms with E-state index >= 15 is 0 Å². The molecule has 2 aromatic carbocycles. The first-order valence-electron chi connectivity index (χ1n) is 9.86. The van der Waals surface area contributed by atoms with Gasteiger partial charge in [-0.2, -0.15) is 0 Å². The average Bonchev–Trinajstić information content (AvgIpc) is 2.76. The minimum Gasteiger partial charge on any atom is -0.384 e. The Morgan fingerprint density at radius 2 is 1.39 bits per heavy atom. The number of hydrogen-bond acceptors (Lipinski definition) is 3. The van der Waals surface area contributed by atoms with Crippen molar-refractivity contribution in [3.05, 3.63) is 95.8 Å². The molecule has 0 unspecified atom stereocenters. The molecule has 0 aliphatic heterocycles. The number of nitrogens with zero attached hydrogens (tertiary/aromatic N) is 1. The Labute approximate surface area is 167 Å². The van der Waals surface area contributed by atoms with Gasteiger partial charge in [0.05, 0.1) is 11.3 Å². The lowest BCUT2D eigenvalue weighted by Crippen LogP contribution is -2.25. The number of hydrogen-bond donors (Lipinski definition) is 2. The molecule has 3 rings (SSSR count). The van der Waals surface area contributed by atoms with Crippen LogP contribution in [0.15, 0.2) is 79.1 Å². The van der Waals surface area contributed by atoms with Gasteiger partial charge in [0.15, 0.2) is 0 Å². The summed E-state index contributed by atoms with van der Waals surface area (Å²) in [7, 11) is 0. The molecule has 0 bridgehead atoms. The summed E-state index contributed by atoms with van der Waals surface area (Å²) < 4.78 is 0. The summed E-state index contributed by atoms with van der Waals surface area (Å²) in [6.07, 6.45) is 7.31. The van der Waals surface area contributed by atoms with E-state index in [2.05, 4.69) is 52.0 Å². The molecule has 0 spiro atoms. The van der Waals surface area contributed by atoms with Gasteiger partial charge in [0, 0.05) is 25.5 Å². The topological polar surface area (TPSA) is 54.0 Å². The normalized spacial score (nSPS) is 10.4. The van der Waals surface area contributed by atoms with Gasteiger partial charge >= 0.3 is 0 Å². The van der Waals surface area contributed by atoms with Crippen molar-refractivity contribution in [2.45, 2.75) is 25.7 Å². The molecule has 3 aromatic rings. The van der Waals surface area contributed by atoms with Gasteiger partial charge in [-0.05, 0) is 42.9 Å². The fourth-order valence-electron chi connectivity index (χ4n) is 3.07. The van der Waals surface area contributed by atoms with Gasteiger partial charge in [0.1, 0.15) is 0 Å². The highest BCUT2D eigenvalue weighted by molar-refractivity contribution is 5.94. The third-order valence-electron chi connectivity index (χ3n) is 4.59. The van der Waals surface area contributed by atoms with Gasteiger partial charge in [-0.25, -0.2) is 0 Å². The SMILES string of the molecule is O=C(NCCCc1ccccc1)c1cncc(NCCCc2ccccc2)c1. The molecule has 28 heavy (non-hydrogen) atoms. The molecule has 4 nitrogen and oxygen atoms in total. The van der Waals surface area contributed by atoms with E-state index in [9.17, 15) is 4.79 Å². The number of anilines is 1. The van der Waals surface area contributed by atoms with Crippen molar-refractivity contribution < 1.29 is 4.79 Å². The summed E-state index contributed by atoms with van der Waals surface area (Å²) in [5, 5.41) is 6.33. The zero-order chi connectivity index (χ0) is 19.4. The molecule has 0 aliphatic rings. The monoisotopic (exact) mass is 373 g/mol. The van der Waals surface area contributed by atoms with Crippen LogP contribution in [0.1, 0.15) is 34.3 Å². The number of amides is 1. The highest BCUT2D eigenvalue weighted by Gasteiger charge is 2.06. The van der Waals surface area contributed by atoms with Crippen molar-refractivity contribution in [2.75, 3.05) is 18.4 Å². The Morgan fingerprint density at radius 1 is 0.786 bits per heavy atom. The van der Waals surface area contributed by atoms with Crippen LogP contribution in [0.25, 0.3) is 0 Å². The van der Waals surface area contributed by atoms with Crippen LogP contribution in [0, 0.1) is 0 Å². The number of pyridine rings is 1. The van der Waals surface area contributed by atoms with Gasteiger partial charge in [-0.1, -0.05) is 60.7 Å². The van der Waals surface area contributed by atoms with Gasteiger partial charge in [0.25, 0.3) is 5.91 Å². The summed E-state index contributed by atoms with van der Waals surface area (Å²) in [4.78, 5) is 16.5. The number of aromatic nitrogens is 1. The molecule has 1 heterocycles. The maximum absolute atomic E-state index is 12.3. The molecule has 0 saturated heterocycles. The number of carbonyl (C=O) groups is 1. The van der Waals surface area contributed by atoms with Gasteiger partial charge < -0.3 is 10.6 Å². The molecule has 0 aliphatic carbocycles. The van der Waals surface area contributed by atoms with Crippen LogP contribution in [-0.4, -0.2) is 24.0 Å². The summed E-state index contributed by atoms with van der Waals surface area (Å²) in [5.74, 6) is -0.0755. The van der Waals surface area contributed by atoms with Gasteiger partial charge in [-0.15, -0.1) is 0 Å². The van der Waals surface area contributed by atoms with Crippen molar-refractivity contribution in [2.24, 2.45) is 0 Å². The highest BCUT2D eigenvalue weighted by atomic mass is 16.1. The second-order valence-electron chi connectivity index (χ2n) is 6.82. The van der Waals surface area contributed by atoms with E-state index in [4.69, 9.17) is 0 Å². The molecule has 2 N–H and O–H groups in total. The Bertz CT molecular complexity index is 850. The summed E-state index contributed by atoms with van der Waals surface area (Å²) >= 11 is 0. The fraction of sp³-hybridized carbons (Fsp3) is 0.250. The summed E-state index contributed by atoms with van der Waals surface area (Å²) in [6.45, 7) is 1.50. The minimum absolute atomic E-state index is 0.0755. The van der Waals surface area contributed by atoms with Crippen LogP contribution >= 0.6 is 0 Å². The van der Waals surface area contributed by atoms with E-state index < -0.39 is 0 Å². The maximum Gasteiger partial charge on any atom is 0.252 e. The predicted molar refractivity (Wildman–Crippen MR) is 115 cm³/mol. The largest absolute Gasteiger partial charge is 0.384 e. The Balaban J connectivity index is 1.38. The molecular formula is C24H27N3O. The van der Waals surface area contributed by atoms with Crippen LogP contribution in [-0.2, 0) is 12.8 Å². The number of nitrogens with one attached hydrogen (secondary N) is 2. The van der Waals surface area contributed by atoms with Crippen LogP contribution in [0.5, 0.6) is 0 Å². The highest BCUT2D eigenvalue weighted by Crippen LogP contribution is 2.10. The molecule has 144 valence electrons. The van der Waals surface area contributed by atoms with Crippen LogP contribution < -0.4 is 10.6 Å². The van der Waals surface area contributed by atoms with Crippen molar-refractivity contribution in [3.8, 4) is 0 Å². The molecule has 0 radical (unpaired) electrons. The van der Waals surface area contributed by atoms with Crippen molar-refractivity contribution in [3.63, 3.8) is 0 Å². The van der Waals surface area contributed by atoms with Crippen molar-refractivity contribution in [1.29, 1.82) is 0 Å². The summed E-state index contributed by atoms with van der Waals surface area (Å²) in [5.41, 5.74) is 4.10. The van der Waals surface area contributed by atoms with E-state index in [1.165, 1.54) is 11.1 Å². The van der Waals surface area contributed by atoms with E-state index in [0.717, 1.165) is 37.9 Å². The summed E-state index contributed by atoms with van der Waals surface area (Å²) in [6, 6.07) is 22.6. The third-order valence-corrected chi connectivity index (χ3v) is 4.59. The van der Waals surface area contributed by atoms with E-state index in [1.807, 2.05) is 30.3 Å². The second kappa shape index (κ2) is 10.9. The number of benzene rings is 2. The third kappa shape index (κ3) is 6.54. The van der Waals surface area contributed by atoms with Crippen molar-refractivity contribution >= 4 is 11.6 Å². The molecule has 0 saturated carbocycles. The van der Waals surface area contributed by atoms with Crippen LogP contribution in [0.3, 0.4) is 0 Å². The maximum atomic E-state index is 12.3. The van der Waals surface area contributed by atoms with Gasteiger partial charge in [0.2, 0.25) is 0 Å². The van der Waals surface area contributed by atoms with Crippen LogP contribution in [0.2, 0.25) is 0 Å². The lowest BCUT2D eigenvalue weighted by Gasteiger charge is -2.09. The molecule has 4 heteroatoms. The lowest BCUT2D eigenvalue weighted by atomic mass is 10.1. The first-order valence-corrected chi connectivity index (χ1v) is 9.86. The smallest absolute Gasteiger partial charge is 0.252 e. The van der Waals surface area contributed by atoms with E-state index in [0.29, 0.717) is 12.1 Å². The molecule has 0 atom stereocenters. The fourth-order valence-corrected chi connectivity index (χ4v) is 3.07. The number of aryl methyl sites for hydroxylation is 2. The number of rotatable bonds is 10. The standard InChI is InChI=1S/C24H27N3O/c28-24(27-16-8-14-21-11-5-2-6-12-21)22-17-23(19-25-18-22)26-15-7-13-20-9-3-1-4-10-20/h1-6,9-12,17-19,26H,7-8,13-16H2,(H,27,28). The van der Waals surface area contributed by atoms with E-state index in [-0.39, 0.29) is 5.91 Å². The Morgan fingerprint density at radius 3 is 2.04 bits per heavy atom. The minimum atomic E-state index is -0.0755. The zero-order valence-electron chi connectivity index (χ0n) is 16.1. The first kappa shape index (κ1) is 19.6. The molecule has 1 aromatic heterocycles. The quantitative estimate of drug-likeness (QED) is 0.515. The van der Waals surface area contributed by atoms with Crippen molar-refractivity contribution in [1.82, 2.24) is 10.3 Å². The van der Waals surface area contributed by atoms with Crippen LogP contribution in [0.4, 0.5) is 5.69 Å². The lowest BCUT2D eigenvalue weighted by molar-refractivity contribution is 0.0953. The Kier molecular flexibility index (Phi) is 7.62. The van der Waals surface area contributed by atoms with Gasteiger partial charge in [-0.3, -0.25) is 9.78 Å². The molecule has 1 amide bonds.